The second kappa shape index (κ2) is 11.4. The van der Waals surface area contributed by atoms with Gasteiger partial charge in [-0.2, -0.15) is 0 Å². The van der Waals surface area contributed by atoms with Gasteiger partial charge in [-0.15, -0.1) is 11.8 Å². The summed E-state index contributed by atoms with van der Waals surface area (Å²) in [5, 5.41) is 10.3. The first kappa shape index (κ1) is 24.1. The molecule has 1 atom stereocenters. The zero-order valence-electron chi connectivity index (χ0n) is 18.2. The number of hydrogen-bond donors (Lipinski definition) is 3. The highest BCUT2D eigenvalue weighted by Crippen LogP contribution is 2.29. The number of rotatable bonds is 7. The molecule has 3 aromatic rings. The number of nitrogens with one attached hydrogen (secondary N) is 3. The molecule has 0 saturated heterocycles. The van der Waals surface area contributed by atoms with Crippen LogP contribution < -0.4 is 16.0 Å². The van der Waals surface area contributed by atoms with E-state index in [0.29, 0.717) is 16.6 Å². The van der Waals surface area contributed by atoms with Crippen molar-refractivity contribution in [2.75, 3.05) is 16.0 Å². The maximum atomic E-state index is 12.9. The quantitative estimate of drug-likeness (QED) is 0.243. The van der Waals surface area contributed by atoms with Crippen LogP contribution in [0, 0.1) is 13.8 Å². The van der Waals surface area contributed by atoms with E-state index in [1.807, 2.05) is 81.4 Å². The predicted molar refractivity (Wildman–Crippen MR) is 142 cm³/mol. The Hall–Kier alpha value is -2.54. The van der Waals surface area contributed by atoms with E-state index in [-0.39, 0.29) is 11.2 Å². The minimum absolute atomic E-state index is 0.0437. The fourth-order valence-corrected chi connectivity index (χ4v) is 4.43. The highest BCUT2D eigenvalue weighted by molar-refractivity contribution is 8.00. The number of thiocarbonyl (C=S) groups is 1. The molecule has 0 fully saturated rings. The standard InChI is InChI=1S/C25H26ClN3OS2/c1-4-23(24(30)29-22-14-18(26)11-10-17(22)3)32-21-7-5-6-20(15-21)28-25(31)27-19-12-8-16(2)9-13-19/h5-15,23H,4H2,1-3H3,(H,29,30)(H2,27,28,31). The van der Waals surface area contributed by atoms with Crippen molar-refractivity contribution in [2.45, 2.75) is 37.3 Å². The molecule has 0 aromatic heterocycles. The van der Waals surface area contributed by atoms with Crippen LogP contribution in [0.5, 0.6) is 0 Å². The van der Waals surface area contributed by atoms with Crippen molar-refractivity contribution in [1.82, 2.24) is 0 Å². The molecule has 3 aromatic carbocycles. The summed E-state index contributed by atoms with van der Waals surface area (Å²) in [5.41, 5.74) is 4.70. The van der Waals surface area contributed by atoms with E-state index in [9.17, 15) is 4.79 Å². The Kier molecular flexibility index (Phi) is 8.56. The van der Waals surface area contributed by atoms with Gasteiger partial charge in [-0.05, 0) is 80.5 Å². The summed E-state index contributed by atoms with van der Waals surface area (Å²) in [6.45, 7) is 6.00. The Labute approximate surface area is 204 Å². The molecule has 32 heavy (non-hydrogen) atoms. The molecular formula is C25H26ClN3OS2. The van der Waals surface area contributed by atoms with E-state index in [2.05, 4.69) is 16.0 Å². The maximum absolute atomic E-state index is 12.9. The third kappa shape index (κ3) is 6.99. The van der Waals surface area contributed by atoms with Crippen LogP contribution in [0.4, 0.5) is 17.1 Å². The number of hydrogen-bond acceptors (Lipinski definition) is 3. The van der Waals surface area contributed by atoms with Gasteiger partial charge in [0.2, 0.25) is 5.91 Å². The molecule has 0 aliphatic heterocycles. The molecule has 7 heteroatoms. The number of aryl methyl sites for hydroxylation is 2. The van der Waals surface area contributed by atoms with E-state index >= 15 is 0 Å². The van der Waals surface area contributed by atoms with Crippen LogP contribution in [0.3, 0.4) is 0 Å². The Bertz CT molecular complexity index is 1100. The lowest BCUT2D eigenvalue weighted by atomic mass is 10.2. The lowest BCUT2D eigenvalue weighted by Gasteiger charge is -2.17. The lowest BCUT2D eigenvalue weighted by molar-refractivity contribution is -0.115. The smallest absolute Gasteiger partial charge is 0.237 e. The van der Waals surface area contributed by atoms with Crippen LogP contribution in [0.15, 0.2) is 71.6 Å². The first-order chi connectivity index (χ1) is 15.3. The third-order valence-corrected chi connectivity index (χ3v) is 6.60. The monoisotopic (exact) mass is 483 g/mol. The normalized spacial score (nSPS) is 11.5. The van der Waals surface area contributed by atoms with E-state index in [4.69, 9.17) is 23.8 Å². The van der Waals surface area contributed by atoms with E-state index in [1.54, 1.807) is 6.07 Å². The maximum Gasteiger partial charge on any atom is 0.237 e. The van der Waals surface area contributed by atoms with E-state index < -0.39 is 0 Å². The molecule has 1 amide bonds. The topological polar surface area (TPSA) is 53.2 Å². The summed E-state index contributed by atoms with van der Waals surface area (Å²) in [6.07, 6.45) is 0.696. The van der Waals surface area contributed by atoms with Crippen molar-refractivity contribution < 1.29 is 4.79 Å². The summed E-state index contributed by atoms with van der Waals surface area (Å²) >= 11 is 13.0. The summed E-state index contributed by atoms with van der Waals surface area (Å²) in [5.74, 6) is -0.0437. The molecule has 3 N–H and O–H groups in total. The van der Waals surface area contributed by atoms with Gasteiger partial charge in [-0.1, -0.05) is 48.4 Å². The van der Waals surface area contributed by atoms with Crippen LogP contribution in [0.25, 0.3) is 0 Å². The molecule has 0 bridgehead atoms. The van der Waals surface area contributed by atoms with Crippen molar-refractivity contribution in [3.05, 3.63) is 82.9 Å². The lowest BCUT2D eigenvalue weighted by Crippen LogP contribution is -2.25. The summed E-state index contributed by atoms with van der Waals surface area (Å²) in [7, 11) is 0. The molecule has 3 rings (SSSR count). The van der Waals surface area contributed by atoms with Crippen molar-refractivity contribution in [3.8, 4) is 0 Å². The molecule has 0 heterocycles. The molecule has 0 aliphatic rings. The van der Waals surface area contributed by atoms with E-state index in [0.717, 1.165) is 27.5 Å². The van der Waals surface area contributed by atoms with Crippen molar-refractivity contribution >= 4 is 63.7 Å². The molecular weight excluding hydrogens is 458 g/mol. The number of carbonyl (C=O) groups excluding carboxylic acids is 1. The minimum atomic E-state index is -0.235. The molecule has 0 spiro atoms. The Balaban J connectivity index is 1.62. The van der Waals surface area contributed by atoms with Gasteiger partial charge in [0, 0.05) is 27.0 Å². The predicted octanol–water partition coefficient (Wildman–Crippen LogP) is 7.28. The zero-order chi connectivity index (χ0) is 23.1. The number of amides is 1. The van der Waals surface area contributed by atoms with Gasteiger partial charge in [-0.25, -0.2) is 0 Å². The number of anilines is 3. The summed E-state index contributed by atoms with van der Waals surface area (Å²) in [6, 6.07) is 21.4. The Morgan fingerprint density at radius 3 is 2.41 bits per heavy atom. The number of halogens is 1. The third-order valence-electron chi connectivity index (χ3n) is 4.80. The Morgan fingerprint density at radius 2 is 1.69 bits per heavy atom. The number of benzene rings is 3. The fraction of sp³-hybridized carbons (Fsp3) is 0.200. The zero-order valence-corrected chi connectivity index (χ0v) is 20.6. The average Bonchev–Trinajstić information content (AvgIpc) is 2.76. The molecule has 0 saturated carbocycles. The van der Waals surface area contributed by atoms with Crippen molar-refractivity contribution in [2.24, 2.45) is 0 Å². The van der Waals surface area contributed by atoms with Crippen molar-refractivity contribution in [3.63, 3.8) is 0 Å². The summed E-state index contributed by atoms with van der Waals surface area (Å²) < 4.78 is 0. The summed E-state index contributed by atoms with van der Waals surface area (Å²) in [4.78, 5) is 13.9. The van der Waals surface area contributed by atoms with Crippen LogP contribution >= 0.6 is 35.6 Å². The van der Waals surface area contributed by atoms with Gasteiger partial charge in [0.15, 0.2) is 5.11 Å². The molecule has 166 valence electrons. The van der Waals surface area contributed by atoms with Crippen LogP contribution in [0.1, 0.15) is 24.5 Å². The van der Waals surface area contributed by atoms with Gasteiger partial charge in [0.1, 0.15) is 0 Å². The largest absolute Gasteiger partial charge is 0.332 e. The van der Waals surface area contributed by atoms with Crippen LogP contribution in [0.2, 0.25) is 5.02 Å². The number of thioether (sulfide) groups is 1. The average molecular weight is 484 g/mol. The highest BCUT2D eigenvalue weighted by atomic mass is 35.5. The SMILES string of the molecule is CCC(Sc1cccc(NC(=S)Nc2ccc(C)cc2)c1)C(=O)Nc1cc(Cl)ccc1C. The van der Waals surface area contributed by atoms with Gasteiger partial charge in [0.25, 0.3) is 0 Å². The van der Waals surface area contributed by atoms with Gasteiger partial charge in [-0.3, -0.25) is 4.79 Å². The first-order valence-electron chi connectivity index (χ1n) is 10.3. The van der Waals surface area contributed by atoms with Gasteiger partial charge in [0.05, 0.1) is 5.25 Å². The second-order valence-electron chi connectivity index (χ2n) is 7.44. The van der Waals surface area contributed by atoms with Crippen molar-refractivity contribution in [1.29, 1.82) is 0 Å². The highest BCUT2D eigenvalue weighted by Gasteiger charge is 2.19. The minimum Gasteiger partial charge on any atom is -0.332 e. The Morgan fingerprint density at radius 1 is 0.969 bits per heavy atom. The van der Waals surface area contributed by atoms with Gasteiger partial charge < -0.3 is 16.0 Å². The van der Waals surface area contributed by atoms with Crippen LogP contribution in [-0.4, -0.2) is 16.3 Å². The molecule has 4 nitrogen and oxygen atoms in total. The molecule has 0 aliphatic carbocycles. The molecule has 1 unspecified atom stereocenters. The second-order valence-corrected chi connectivity index (χ2v) is 9.56. The number of carbonyl (C=O) groups is 1. The van der Waals surface area contributed by atoms with Gasteiger partial charge >= 0.3 is 0 Å². The first-order valence-corrected chi connectivity index (χ1v) is 12.0. The van der Waals surface area contributed by atoms with E-state index in [1.165, 1.54) is 17.3 Å². The fourth-order valence-electron chi connectivity index (χ4n) is 3.01. The molecule has 0 radical (unpaired) electrons. The van der Waals surface area contributed by atoms with Crippen LogP contribution in [-0.2, 0) is 4.79 Å².